The maximum atomic E-state index is 13.5. The molecule has 1 aromatic carbocycles. The zero-order chi connectivity index (χ0) is 16.2. The molecule has 0 N–H and O–H groups in total. The van der Waals surface area contributed by atoms with Gasteiger partial charge in [0.25, 0.3) is 5.69 Å². The number of hydrogen-bond donors (Lipinski definition) is 0. The van der Waals surface area contributed by atoms with Crippen molar-refractivity contribution < 1.29 is 9.31 Å². The van der Waals surface area contributed by atoms with Gasteiger partial charge in [-0.15, -0.1) is 0 Å². The molecule has 0 spiro atoms. The van der Waals surface area contributed by atoms with E-state index in [1.807, 2.05) is 23.2 Å². The van der Waals surface area contributed by atoms with Gasteiger partial charge in [0.2, 0.25) is 0 Å². The van der Waals surface area contributed by atoms with Gasteiger partial charge in [0.15, 0.2) is 0 Å². The van der Waals surface area contributed by atoms with Crippen molar-refractivity contribution in [2.45, 2.75) is 6.54 Å². The van der Waals surface area contributed by atoms with Crippen molar-refractivity contribution >= 4 is 11.4 Å². The van der Waals surface area contributed by atoms with Gasteiger partial charge in [0, 0.05) is 57.3 Å². The van der Waals surface area contributed by atoms with Crippen LogP contribution in [0, 0.1) is 15.9 Å². The van der Waals surface area contributed by atoms with E-state index in [4.69, 9.17) is 0 Å². The number of anilines is 1. The quantitative estimate of drug-likeness (QED) is 0.640. The summed E-state index contributed by atoms with van der Waals surface area (Å²) >= 11 is 0. The molecule has 0 aliphatic carbocycles. The number of nitrogens with zero attached hydrogens (tertiary/aromatic N) is 4. The molecule has 2 aromatic rings. The second-order valence-corrected chi connectivity index (χ2v) is 5.51. The molecule has 0 unspecified atom stereocenters. The molecule has 2 heterocycles. The lowest BCUT2D eigenvalue weighted by atomic mass is 10.2. The standard InChI is InChI=1S/C16H17FN4O2/c17-14-3-4-15(21(22)23)16(10-14)20-8-6-19(7-9-20)12-13-2-1-5-18-11-13/h1-5,10-11H,6-9,12H2. The predicted octanol–water partition coefficient (Wildman–Crippen LogP) is 2.45. The van der Waals surface area contributed by atoms with E-state index in [9.17, 15) is 14.5 Å². The lowest BCUT2D eigenvalue weighted by molar-refractivity contribution is -0.384. The van der Waals surface area contributed by atoms with Gasteiger partial charge in [-0.2, -0.15) is 0 Å². The average Bonchev–Trinajstić information content (AvgIpc) is 2.56. The van der Waals surface area contributed by atoms with Crippen LogP contribution in [-0.4, -0.2) is 41.0 Å². The largest absolute Gasteiger partial charge is 0.363 e. The Morgan fingerprint density at radius 1 is 1.22 bits per heavy atom. The first kappa shape index (κ1) is 15.4. The molecule has 7 heteroatoms. The summed E-state index contributed by atoms with van der Waals surface area (Å²) in [4.78, 5) is 18.9. The van der Waals surface area contributed by atoms with Crippen LogP contribution in [0.15, 0.2) is 42.7 Å². The van der Waals surface area contributed by atoms with Crippen LogP contribution in [0.5, 0.6) is 0 Å². The number of hydrogen-bond acceptors (Lipinski definition) is 5. The van der Waals surface area contributed by atoms with Crippen molar-refractivity contribution in [2.75, 3.05) is 31.1 Å². The number of halogens is 1. The lowest BCUT2D eigenvalue weighted by Crippen LogP contribution is -2.46. The zero-order valence-electron chi connectivity index (χ0n) is 12.6. The Hall–Kier alpha value is -2.54. The third-order valence-electron chi connectivity index (χ3n) is 3.98. The van der Waals surface area contributed by atoms with E-state index < -0.39 is 10.7 Å². The highest BCUT2D eigenvalue weighted by Gasteiger charge is 2.24. The van der Waals surface area contributed by atoms with Crippen molar-refractivity contribution in [3.8, 4) is 0 Å². The number of benzene rings is 1. The maximum Gasteiger partial charge on any atom is 0.292 e. The number of aromatic nitrogens is 1. The van der Waals surface area contributed by atoms with Crippen molar-refractivity contribution in [1.82, 2.24) is 9.88 Å². The van der Waals surface area contributed by atoms with Gasteiger partial charge in [-0.3, -0.25) is 20.0 Å². The summed E-state index contributed by atoms with van der Waals surface area (Å²) in [5, 5.41) is 11.1. The van der Waals surface area contributed by atoms with Gasteiger partial charge in [0.05, 0.1) is 4.92 Å². The molecule has 0 atom stereocenters. The Morgan fingerprint density at radius 2 is 2.00 bits per heavy atom. The van der Waals surface area contributed by atoms with Crippen LogP contribution in [0.25, 0.3) is 0 Å². The minimum absolute atomic E-state index is 0.0490. The van der Waals surface area contributed by atoms with Gasteiger partial charge in [-0.05, 0) is 17.7 Å². The Bertz CT molecular complexity index is 688. The number of nitro benzene ring substituents is 1. The van der Waals surface area contributed by atoms with Crippen molar-refractivity contribution in [1.29, 1.82) is 0 Å². The summed E-state index contributed by atoms with van der Waals surface area (Å²) in [5.41, 5.74) is 1.45. The molecule has 0 radical (unpaired) electrons. The highest BCUT2D eigenvalue weighted by atomic mass is 19.1. The lowest BCUT2D eigenvalue weighted by Gasteiger charge is -2.35. The van der Waals surface area contributed by atoms with Crippen LogP contribution < -0.4 is 4.90 Å². The number of piperazine rings is 1. The fourth-order valence-electron chi connectivity index (χ4n) is 2.80. The van der Waals surface area contributed by atoms with Crippen LogP contribution in [0.4, 0.5) is 15.8 Å². The van der Waals surface area contributed by atoms with E-state index in [0.29, 0.717) is 18.8 Å². The molecule has 6 nitrogen and oxygen atoms in total. The van der Waals surface area contributed by atoms with Gasteiger partial charge in [-0.25, -0.2) is 4.39 Å². The van der Waals surface area contributed by atoms with E-state index in [1.165, 1.54) is 12.1 Å². The minimum atomic E-state index is -0.462. The number of rotatable bonds is 4. The van der Waals surface area contributed by atoms with Crippen LogP contribution in [-0.2, 0) is 6.54 Å². The van der Waals surface area contributed by atoms with Crippen LogP contribution in [0.2, 0.25) is 0 Å². The normalized spacial score (nSPS) is 15.6. The molecule has 23 heavy (non-hydrogen) atoms. The topological polar surface area (TPSA) is 62.5 Å². The Morgan fingerprint density at radius 3 is 2.65 bits per heavy atom. The van der Waals surface area contributed by atoms with E-state index in [2.05, 4.69) is 9.88 Å². The number of nitro groups is 1. The molecule has 1 saturated heterocycles. The van der Waals surface area contributed by atoms with Gasteiger partial charge in [0.1, 0.15) is 11.5 Å². The molecule has 0 amide bonds. The molecule has 1 aliphatic heterocycles. The van der Waals surface area contributed by atoms with Crippen molar-refractivity contribution in [3.05, 3.63) is 64.2 Å². The van der Waals surface area contributed by atoms with Crippen molar-refractivity contribution in [2.24, 2.45) is 0 Å². The monoisotopic (exact) mass is 316 g/mol. The predicted molar refractivity (Wildman–Crippen MR) is 84.8 cm³/mol. The second kappa shape index (κ2) is 6.70. The Labute approximate surface area is 133 Å². The van der Waals surface area contributed by atoms with Crippen molar-refractivity contribution in [3.63, 3.8) is 0 Å². The average molecular weight is 316 g/mol. The maximum absolute atomic E-state index is 13.5. The van der Waals surface area contributed by atoms with Crippen LogP contribution in [0.1, 0.15) is 5.56 Å². The van der Waals surface area contributed by atoms with Crippen LogP contribution in [0.3, 0.4) is 0 Å². The molecule has 1 fully saturated rings. The smallest absolute Gasteiger partial charge is 0.292 e. The summed E-state index contributed by atoms with van der Waals surface area (Å²) in [6.45, 7) is 3.59. The summed E-state index contributed by atoms with van der Waals surface area (Å²) in [6.07, 6.45) is 3.58. The van der Waals surface area contributed by atoms with Gasteiger partial charge in [-0.1, -0.05) is 6.07 Å². The SMILES string of the molecule is O=[N+]([O-])c1ccc(F)cc1N1CCN(Cc2cccnc2)CC1. The summed E-state index contributed by atoms with van der Waals surface area (Å²) < 4.78 is 13.5. The first-order valence-electron chi connectivity index (χ1n) is 7.43. The number of pyridine rings is 1. The molecule has 120 valence electrons. The van der Waals surface area contributed by atoms with Gasteiger partial charge >= 0.3 is 0 Å². The third kappa shape index (κ3) is 3.62. The first-order valence-corrected chi connectivity index (χ1v) is 7.43. The highest BCUT2D eigenvalue weighted by molar-refractivity contribution is 5.63. The Kier molecular flexibility index (Phi) is 4.47. The molecule has 1 aliphatic rings. The van der Waals surface area contributed by atoms with Crippen LogP contribution >= 0.6 is 0 Å². The molecule has 0 saturated carbocycles. The van der Waals surface area contributed by atoms with E-state index in [1.54, 1.807) is 6.20 Å². The minimum Gasteiger partial charge on any atom is -0.363 e. The van der Waals surface area contributed by atoms with Gasteiger partial charge < -0.3 is 4.90 Å². The fourth-order valence-corrected chi connectivity index (χ4v) is 2.80. The third-order valence-corrected chi connectivity index (χ3v) is 3.98. The first-order chi connectivity index (χ1) is 11.1. The zero-order valence-corrected chi connectivity index (χ0v) is 12.6. The molecular weight excluding hydrogens is 299 g/mol. The summed E-state index contributed by atoms with van der Waals surface area (Å²) in [5.74, 6) is -0.455. The van der Waals surface area contributed by atoms with E-state index >= 15 is 0 Å². The summed E-state index contributed by atoms with van der Waals surface area (Å²) in [6, 6.07) is 7.53. The highest BCUT2D eigenvalue weighted by Crippen LogP contribution is 2.29. The second-order valence-electron chi connectivity index (χ2n) is 5.51. The summed E-state index contributed by atoms with van der Waals surface area (Å²) in [7, 11) is 0. The Balaban J connectivity index is 1.67. The van der Waals surface area contributed by atoms with E-state index in [-0.39, 0.29) is 5.69 Å². The molecule has 3 rings (SSSR count). The fraction of sp³-hybridized carbons (Fsp3) is 0.312. The molecule has 1 aromatic heterocycles. The van der Waals surface area contributed by atoms with E-state index in [0.717, 1.165) is 31.3 Å². The molecule has 0 bridgehead atoms. The molecular formula is C16H17FN4O2.